The first-order valence-electron chi connectivity index (χ1n) is 11.2. The molecule has 0 aliphatic heterocycles. The van der Waals surface area contributed by atoms with Gasteiger partial charge in [0.05, 0.1) is 21.6 Å². The highest BCUT2D eigenvalue weighted by Crippen LogP contribution is 2.34. The summed E-state index contributed by atoms with van der Waals surface area (Å²) in [5.74, 6) is 1.13. The van der Waals surface area contributed by atoms with Crippen molar-refractivity contribution in [1.29, 1.82) is 0 Å². The van der Waals surface area contributed by atoms with E-state index >= 15 is 0 Å². The Labute approximate surface area is 203 Å². The van der Waals surface area contributed by atoms with Gasteiger partial charge in [0, 0.05) is 20.2 Å². The molecule has 182 valence electrons. The fraction of sp³-hybridized carbons (Fsp3) is 0.231. The molecule has 1 N–H and O–H groups in total. The summed E-state index contributed by atoms with van der Waals surface area (Å²) in [6.07, 6.45) is 0.847. The number of benzene rings is 3. The largest absolute Gasteiger partial charge is 0.455 e. The average molecular weight is 494 g/mol. The van der Waals surface area contributed by atoms with Crippen LogP contribution in [0, 0.1) is 5.92 Å². The van der Waals surface area contributed by atoms with Crippen molar-refractivity contribution in [3.05, 3.63) is 93.0 Å². The molecule has 8 nitrogen and oxygen atoms in total. The molecule has 9 heteroatoms. The van der Waals surface area contributed by atoms with Crippen molar-refractivity contribution in [2.24, 2.45) is 20.0 Å². The molecular formula is C26H27N3O5S. The van der Waals surface area contributed by atoms with Crippen LogP contribution in [0.1, 0.15) is 19.4 Å². The number of aryl methyl sites for hydroxylation is 2. The third-order valence-corrected chi connectivity index (χ3v) is 7.07. The van der Waals surface area contributed by atoms with Crippen molar-refractivity contribution in [2.75, 3.05) is 4.72 Å². The van der Waals surface area contributed by atoms with Gasteiger partial charge in [0.1, 0.15) is 5.75 Å². The van der Waals surface area contributed by atoms with Gasteiger partial charge in [-0.3, -0.25) is 14.3 Å². The number of para-hydroxylation sites is 1. The number of hydrogen-bond acceptors (Lipinski definition) is 5. The quantitative estimate of drug-likeness (QED) is 0.392. The lowest BCUT2D eigenvalue weighted by atomic mass is 10.0. The number of nitrogens with zero attached hydrogens (tertiary/aromatic N) is 2. The highest BCUT2D eigenvalue weighted by molar-refractivity contribution is 7.92. The molecule has 0 fully saturated rings. The van der Waals surface area contributed by atoms with Gasteiger partial charge in [-0.15, -0.1) is 0 Å². The summed E-state index contributed by atoms with van der Waals surface area (Å²) in [4.78, 5) is 24.8. The molecule has 0 saturated heterocycles. The summed E-state index contributed by atoms with van der Waals surface area (Å²) < 4.78 is 37.5. The van der Waals surface area contributed by atoms with Gasteiger partial charge in [-0.1, -0.05) is 44.2 Å². The maximum Gasteiger partial charge on any atom is 0.316 e. The Morgan fingerprint density at radius 2 is 1.43 bits per heavy atom. The van der Waals surface area contributed by atoms with E-state index in [2.05, 4.69) is 18.6 Å². The van der Waals surface area contributed by atoms with Gasteiger partial charge < -0.3 is 13.9 Å². The minimum Gasteiger partial charge on any atom is -0.455 e. The van der Waals surface area contributed by atoms with Crippen LogP contribution in [-0.4, -0.2) is 17.6 Å². The number of fused-ring (bicyclic) bond motifs is 1. The minimum absolute atomic E-state index is 0.102. The van der Waals surface area contributed by atoms with Crippen LogP contribution in [-0.2, 0) is 30.5 Å². The first-order valence-corrected chi connectivity index (χ1v) is 12.6. The second-order valence-electron chi connectivity index (χ2n) is 8.83. The zero-order valence-electron chi connectivity index (χ0n) is 20.0. The fourth-order valence-electron chi connectivity index (χ4n) is 3.86. The third kappa shape index (κ3) is 5.00. The van der Waals surface area contributed by atoms with Crippen molar-refractivity contribution < 1.29 is 13.2 Å². The first-order chi connectivity index (χ1) is 16.6. The van der Waals surface area contributed by atoms with Crippen molar-refractivity contribution >= 4 is 26.7 Å². The number of rotatable bonds is 7. The molecule has 1 aromatic heterocycles. The number of ether oxygens (including phenoxy) is 1. The molecule has 4 rings (SSSR count). The molecule has 0 aliphatic rings. The average Bonchev–Trinajstić information content (AvgIpc) is 2.82. The monoisotopic (exact) mass is 493 g/mol. The highest BCUT2D eigenvalue weighted by Gasteiger charge is 2.20. The first kappa shape index (κ1) is 24.3. The maximum absolute atomic E-state index is 13.3. The van der Waals surface area contributed by atoms with Gasteiger partial charge in [-0.25, -0.2) is 8.42 Å². The van der Waals surface area contributed by atoms with Crippen LogP contribution in [0.5, 0.6) is 11.5 Å². The number of aromatic nitrogens is 2. The predicted octanol–water partition coefficient (Wildman–Crippen LogP) is 4.03. The van der Waals surface area contributed by atoms with E-state index < -0.39 is 21.1 Å². The van der Waals surface area contributed by atoms with Crippen LogP contribution in [0.25, 0.3) is 11.0 Å². The topological polar surface area (TPSA) is 99.4 Å². The lowest BCUT2D eigenvalue weighted by molar-refractivity contribution is 0.485. The highest BCUT2D eigenvalue weighted by atomic mass is 32.2. The van der Waals surface area contributed by atoms with Gasteiger partial charge in [-0.2, -0.15) is 0 Å². The van der Waals surface area contributed by atoms with E-state index in [0.717, 1.165) is 12.0 Å². The Balaban J connectivity index is 1.83. The van der Waals surface area contributed by atoms with Gasteiger partial charge in [-0.05, 0) is 48.2 Å². The molecule has 0 spiro atoms. The third-order valence-electron chi connectivity index (χ3n) is 5.68. The summed E-state index contributed by atoms with van der Waals surface area (Å²) >= 11 is 0. The summed E-state index contributed by atoms with van der Waals surface area (Å²) in [6, 6.07) is 18.7. The van der Waals surface area contributed by atoms with E-state index in [-0.39, 0.29) is 16.3 Å². The minimum atomic E-state index is -3.97. The van der Waals surface area contributed by atoms with E-state index in [0.29, 0.717) is 22.7 Å². The van der Waals surface area contributed by atoms with E-state index in [9.17, 15) is 18.0 Å². The normalized spacial score (nSPS) is 11.7. The fourth-order valence-corrected chi connectivity index (χ4v) is 4.92. The Morgan fingerprint density at radius 1 is 0.857 bits per heavy atom. The molecule has 0 atom stereocenters. The Kier molecular flexibility index (Phi) is 6.53. The van der Waals surface area contributed by atoms with Gasteiger partial charge in [0.15, 0.2) is 5.75 Å². The van der Waals surface area contributed by atoms with Crippen molar-refractivity contribution in [2.45, 2.75) is 25.2 Å². The van der Waals surface area contributed by atoms with Crippen LogP contribution in [0.2, 0.25) is 0 Å². The molecule has 0 saturated carbocycles. The lowest BCUT2D eigenvalue weighted by Gasteiger charge is -2.17. The molecule has 1 heterocycles. The summed E-state index contributed by atoms with van der Waals surface area (Å²) in [6.45, 7) is 4.20. The van der Waals surface area contributed by atoms with Crippen LogP contribution >= 0.6 is 0 Å². The second kappa shape index (κ2) is 9.42. The molecule has 3 aromatic carbocycles. The van der Waals surface area contributed by atoms with Crippen molar-refractivity contribution in [3.8, 4) is 11.5 Å². The number of anilines is 1. The lowest BCUT2D eigenvalue weighted by Crippen LogP contribution is -2.39. The number of hydrogen-bond donors (Lipinski definition) is 1. The van der Waals surface area contributed by atoms with Crippen LogP contribution in [0.4, 0.5) is 5.69 Å². The maximum atomic E-state index is 13.3. The summed E-state index contributed by atoms with van der Waals surface area (Å²) in [7, 11) is -1.01. The van der Waals surface area contributed by atoms with E-state index in [1.807, 2.05) is 6.07 Å². The van der Waals surface area contributed by atoms with E-state index in [1.54, 1.807) is 54.6 Å². The van der Waals surface area contributed by atoms with Crippen LogP contribution in [0.3, 0.4) is 0 Å². The summed E-state index contributed by atoms with van der Waals surface area (Å²) in [5, 5.41) is 0. The van der Waals surface area contributed by atoms with Gasteiger partial charge >= 0.3 is 11.1 Å². The number of nitrogens with one attached hydrogen (secondary N) is 1. The molecule has 0 unspecified atom stereocenters. The molecule has 0 radical (unpaired) electrons. The van der Waals surface area contributed by atoms with E-state index in [4.69, 9.17) is 4.74 Å². The van der Waals surface area contributed by atoms with Crippen LogP contribution in [0.15, 0.2) is 81.2 Å². The predicted molar refractivity (Wildman–Crippen MR) is 137 cm³/mol. The Hall–Kier alpha value is -3.85. The molecular weight excluding hydrogens is 466 g/mol. The Bertz CT molecular complexity index is 1600. The SMILES string of the molecule is CC(C)Cc1ccc(S(=O)(=O)Nc2cc3c(cc2Oc2ccccc2)n(C)c(=O)c(=O)n3C)cc1. The standard InChI is InChI=1S/C26H27N3O5S/c1-17(2)14-18-10-12-20(13-11-18)35(32,33)27-21-15-22-23(29(4)26(31)25(30)28(22)3)16-24(21)34-19-8-6-5-7-9-19/h5-13,15-17,27H,14H2,1-4H3. The van der Waals surface area contributed by atoms with E-state index in [1.165, 1.54) is 29.3 Å². The zero-order valence-corrected chi connectivity index (χ0v) is 20.8. The van der Waals surface area contributed by atoms with Crippen molar-refractivity contribution in [3.63, 3.8) is 0 Å². The van der Waals surface area contributed by atoms with Gasteiger partial charge in [0.25, 0.3) is 10.0 Å². The summed E-state index contributed by atoms with van der Waals surface area (Å²) in [5.41, 5.74) is 0.577. The molecule has 35 heavy (non-hydrogen) atoms. The van der Waals surface area contributed by atoms with Crippen molar-refractivity contribution in [1.82, 2.24) is 9.13 Å². The molecule has 0 bridgehead atoms. The molecule has 0 aliphatic carbocycles. The number of sulfonamides is 1. The van der Waals surface area contributed by atoms with Gasteiger partial charge in [0.2, 0.25) is 0 Å². The smallest absolute Gasteiger partial charge is 0.316 e. The zero-order chi connectivity index (χ0) is 25.3. The molecule has 0 amide bonds. The van der Waals surface area contributed by atoms with Crippen LogP contribution < -0.4 is 20.6 Å². The Morgan fingerprint density at radius 3 is 2.00 bits per heavy atom. The second-order valence-corrected chi connectivity index (χ2v) is 10.5. The molecule has 4 aromatic rings.